The maximum atomic E-state index is 12.0. The lowest BCUT2D eigenvalue weighted by molar-refractivity contribution is -0.124. The summed E-state index contributed by atoms with van der Waals surface area (Å²) in [4.78, 5) is 23.9. The number of carbonyl (C=O) groups excluding carboxylic acids is 2. The van der Waals surface area contributed by atoms with Gasteiger partial charge in [0.15, 0.2) is 18.1 Å². The first kappa shape index (κ1) is 16.8. The molecule has 0 aliphatic carbocycles. The van der Waals surface area contributed by atoms with Crippen LogP contribution in [0.25, 0.3) is 0 Å². The van der Waals surface area contributed by atoms with Crippen molar-refractivity contribution in [3.05, 3.63) is 58.7 Å². The molecule has 0 radical (unpaired) electrons. The van der Waals surface area contributed by atoms with Gasteiger partial charge in [-0.05, 0) is 43.7 Å². The first-order valence-electron chi connectivity index (χ1n) is 7.92. The van der Waals surface area contributed by atoms with Crippen molar-refractivity contribution in [2.45, 2.75) is 20.4 Å². The van der Waals surface area contributed by atoms with Crippen LogP contribution in [0.15, 0.2) is 36.4 Å². The van der Waals surface area contributed by atoms with Crippen molar-refractivity contribution in [2.75, 3.05) is 13.4 Å². The first-order valence-corrected chi connectivity index (χ1v) is 7.92. The SMILES string of the molecule is Cc1cc(C)cc(C(=O)OCC(=O)NCc2ccc3c(c2)OCO3)c1. The van der Waals surface area contributed by atoms with E-state index in [-0.39, 0.29) is 19.3 Å². The molecule has 0 spiro atoms. The molecule has 3 rings (SSSR count). The van der Waals surface area contributed by atoms with Crippen LogP contribution in [0.2, 0.25) is 0 Å². The summed E-state index contributed by atoms with van der Waals surface area (Å²) in [5, 5.41) is 2.71. The molecule has 0 aromatic heterocycles. The first-order chi connectivity index (χ1) is 12.0. The van der Waals surface area contributed by atoms with E-state index in [1.54, 1.807) is 18.2 Å². The van der Waals surface area contributed by atoms with Crippen molar-refractivity contribution < 1.29 is 23.8 Å². The summed E-state index contributed by atoms with van der Waals surface area (Å²) in [6, 6.07) is 10.9. The number of hydrogen-bond acceptors (Lipinski definition) is 5. The third-order valence-corrected chi connectivity index (χ3v) is 3.72. The minimum atomic E-state index is -0.509. The van der Waals surface area contributed by atoms with Crippen molar-refractivity contribution in [1.29, 1.82) is 0 Å². The molecule has 130 valence electrons. The number of fused-ring (bicyclic) bond motifs is 1. The molecule has 2 aromatic rings. The molecule has 1 aliphatic rings. The van der Waals surface area contributed by atoms with Crippen LogP contribution in [0, 0.1) is 13.8 Å². The van der Waals surface area contributed by atoms with Gasteiger partial charge in [-0.1, -0.05) is 23.3 Å². The molecule has 1 heterocycles. The highest BCUT2D eigenvalue weighted by molar-refractivity contribution is 5.91. The maximum Gasteiger partial charge on any atom is 0.338 e. The number of esters is 1. The lowest BCUT2D eigenvalue weighted by atomic mass is 10.1. The highest BCUT2D eigenvalue weighted by Gasteiger charge is 2.14. The number of nitrogens with one attached hydrogen (secondary N) is 1. The Morgan fingerprint density at radius 1 is 1.04 bits per heavy atom. The number of rotatable bonds is 5. The Morgan fingerprint density at radius 3 is 2.52 bits per heavy atom. The quantitative estimate of drug-likeness (QED) is 0.846. The van der Waals surface area contributed by atoms with Gasteiger partial charge in [-0.15, -0.1) is 0 Å². The highest BCUT2D eigenvalue weighted by Crippen LogP contribution is 2.32. The molecule has 6 nitrogen and oxygen atoms in total. The van der Waals surface area contributed by atoms with Gasteiger partial charge >= 0.3 is 5.97 Å². The molecular weight excluding hydrogens is 322 g/mol. The van der Waals surface area contributed by atoms with E-state index in [2.05, 4.69) is 5.32 Å². The molecule has 6 heteroatoms. The van der Waals surface area contributed by atoms with Gasteiger partial charge in [-0.25, -0.2) is 4.79 Å². The summed E-state index contributed by atoms with van der Waals surface area (Å²) in [6.07, 6.45) is 0. The molecule has 1 amide bonds. The van der Waals surface area contributed by atoms with E-state index in [9.17, 15) is 9.59 Å². The Morgan fingerprint density at radius 2 is 1.76 bits per heavy atom. The third-order valence-electron chi connectivity index (χ3n) is 3.72. The van der Waals surface area contributed by atoms with Gasteiger partial charge in [-0.3, -0.25) is 4.79 Å². The van der Waals surface area contributed by atoms with Crippen molar-refractivity contribution in [3.8, 4) is 11.5 Å². The van der Waals surface area contributed by atoms with E-state index < -0.39 is 5.97 Å². The smallest absolute Gasteiger partial charge is 0.338 e. The van der Waals surface area contributed by atoms with Crippen molar-refractivity contribution in [1.82, 2.24) is 5.32 Å². The topological polar surface area (TPSA) is 73.9 Å². The summed E-state index contributed by atoms with van der Waals surface area (Å²) >= 11 is 0. The van der Waals surface area contributed by atoms with Crippen LogP contribution in [0.1, 0.15) is 27.0 Å². The predicted molar refractivity (Wildman–Crippen MR) is 90.6 cm³/mol. The van der Waals surface area contributed by atoms with Crippen LogP contribution in [0.5, 0.6) is 11.5 Å². The Labute approximate surface area is 145 Å². The second kappa shape index (κ2) is 7.25. The van der Waals surface area contributed by atoms with Crippen LogP contribution in [0.3, 0.4) is 0 Å². The fourth-order valence-corrected chi connectivity index (χ4v) is 2.61. The van der Waals surface area contributed by atoms with E-state index in [1.165, 1.54) is 0 Å². The summed E-state index contributed by atoms with van der Waals surface area (Å²) in [5.74, 6) is 0.478. The van der Waals surface area contributed by atoms with Gasteiger partial charge in [0.1, 0.15) is 0 Å². The van der Waals surface area contributed by atoms with Crippen LogP contribution >= 0.6 is 0 Å². The molecule has 2 aromatic carbocycles. The van der Waals surface area contributed by atoms with Crippen LogP contribution in [-0.4, -0.2) is 25.3 Å². The minimum absolute atomic E-state index is 0.208. The summed E-state index contributed by atoms with van der Waals surface area (Å²) in [6.45, 7) is 4.01. The van der Waals surface area contributed by atoms with E-state index >= 15 is 0 Å². The molecule has 25 heavy (non-hydrogen) atoms. The van der Waals surface area contributed by atoms with Crippen LogP contribution < -0.4 is 14.8 Å². The Balaban J connectivity index is 1.48. The number of carbonyl (C=O) groups is 2. The van der Waals surface area contributed by atoms with Gasteiger partial charge in [0.2, 0.25) is 6.79 Å². The molecule has 0 unspecified atom stereocenters. The van der Waals surface area contributed by atoms with E-state index in [0.717, 1.165) is 16.7 Å². The van der Waals surface area contributed by atoms with Crippen molar-refractivity contribution >= 4 is 11.9 Å². The monoisotopic (exact) mass is 341 g/mol. The average molecular weight is 341 g/mol. The minimum Gasteiger partial charge on any atom is -0.454 e. The second-order valence-corrected chi connectivity index (χ2v) is 5.92. The van der Waals surface area contributed by atoms with E-state index in [4.69, 9.17) is 14.2 Å². The molecule has 0 saturated heterocycles. The lowest BCUT2D eigenvalue weighted by Crippen LogP contribution is -2.28. The van der Waals surface area contributed by atoms with Crippen LogP contribution in [0.4, 0.5) is 0 Å². The third kappa shape index (κ3) is 4.29. The molecule has 0 bridgehead atoms. The highest BCUT2D eigenvalue weighted by atomic mass is 16.7. The number of benzene rings is 2. The zero-order valence-corrected chi connectivity index (χ0v) is 14.1. The number of hydrogen-bond donors (Lipinski definition) is 1. The van der Waals surface area contributed by atoms with Gasteiger partial charge in [0.05, 0.1) is 5.56 Å². The van der Waals surface area contributed by atoms with Gasteiger partial charge in [-0.2, -0.15) is 0 Å². The molecule has 0 atom stereocenters. The second-order valence-electron chi connectivity index (χ2n) is 5.92. The summed E-state index contributed by atoms with van der Waals surface area (Å²) < 4.78 is 15.6. The van der Waals surface area contributed by atoms with Crippen molar-refractivity contribution in [3.63, 3.8) is 0 Å². The Hall–Kier alpha value is -3.02. The average Bonchev–Trinajstić information content (AvgIpc) is 3.04. The Bertz CT molecular complexity index is 795. The molecular formula is C19H19NO5. The summed E-state index contributed by atoms with van der Waals surface area (Å²) in [5.41, 5.74) is 3.26. The predicted octanol–water partition coefficient (Wildman–Crippen LogP) is 2.51. The zero-order chi connectivity index (χ0) is 17.8. The zero-order valence-electron chi connectivity index (χ0n) is 14.1. The van der Waals surface area contributed by atoms with Gasteiger partial charge < -0.3 is 19.5 Å². The fraction of sp³-hybridized carbons (Fsp3) is 0.263. The van der Waals surface area contributed by atoms with E-state index in [0.29, 0.717) is 23.6 Å². The molecule has 0 fully saturated rings. The molecule has 1 N–H and O–H groups in total. The Kier molecular flexibility index (Phi) is 4.88. The van der Waals surface area contributed by atoms with Crippen molar-refractivity contribution in [2.24, 2.45) is 0 Å². The number of aryl methyl sites for hydroxylation is 2. The number of ether oxygens (including phenoxy) is 3. The normalized spacial score (nSPS) is 11.9. The standard InChI is InChI=1S/C19H19NO5/c1-12-5-13(2)7-15(6-12)19(22)23-10-18(21)20-9-14-3-4-16-17(8-14)25-11-24-16/h3-8H,9-11H2,1-2H3,(H,20,21). The van der Waals surface area contributed by atoms with E-state index in [1.807, 2.05) is 32.0 Å². The largest absolute Gasteiger partial charge is 0.454 e. The summed E-state index contributed by atoms with van der Waals surface area (Å²) in [7, 11) is 0. The molecule has 0 saturated carbocycles. The van der Waals surface area contributed by atoms with Gasteiger partial charge in [0, 0.05) is 6.54 Å². The number of amides is 1. The van der Waals surface area contributed by atoms with Crippen LogP contribution in [-0.2, 0) is 16.1 Å². The maximum absolute atomic E-state index is 12.0. The molecule has 1 aliphatic heterocycles. The fourth-order valence-electron chi connectivity index (χ4n) is 2.61. The lowest BCUT2D eigenvalue weighted by Gasteiger charge is -2.08. The van der Waals surface area contributed by atoms with Gasteiger partial charge in [0.25, 0.3) is 5.91 Å².